The number of benzene rings is 1. The first-order valence-electron chi connectivity index (χ1n) is 11.8. The fourth-order valence-corrected chi connectivity index (χ4v) is 5.80. The molecule has 3 aliphatic rings. The zero-order chi connectivity index (χ0) is 26.0. The van der Waals surface area contributed by atoms with Gasteiger partial charge in [-0.25, -0.2) is 17.8 Å². The summed E-state index contributed by atoms with van der Waals surface area (Å²) in [7, 11) is -2.47. The van der Waals surface area contributed by atoms with Crippen LogP contribution in [0.4, 0.5) is 4.39 Å². The van der Waals surface area contributed by atoms with Gasteiger partial charge in [0.2, 0.25) is 10.0 Å². The highest BCUT2D eigenvalue weighted by Gasteiger charge is 2.48. The van der Waals surface area contributed by atoms with E-state index in [2.05, 4.69) is 10.3 Å². The number of carbonyl (C=O) groups is 3. The van der Waals surface area contributed by atoms with Gasteiger partial charge < -0.3 is 14.8 Å². The van der Waals surface area contributed by atoms with Crippen molar-refractivity contribution in [3.8, 4) is 5.75 Å². The number of ketones is 1. The van der Waals surface area contributed by atoms with Crippen LogP contribution in [0.1, 0.15) is 31.7 Å². The van der Waals surface area contributed by atoms with Crippen molar-refractivity contribution in [2.24, 2.45) is 4.99 Å². The zero-order valence-corrected chi connectivity index (χ0v) is 20.9. The van der Waals surface area contributed by atoms with Crippen molar-refractivity contribution in [2.45, 2.75) is 50.9 Å². The molecule has 0 aliphatic carbocycles. The molecular weight excluding hydrogens is 495 g/mol. The largest absolute Gasteiger partial charge is 0.493 e. The molecule has 3 atom stereocenters. The van der Waals surface area contributed by atoms with E-state index in [0.29, 0.717) is 18.4 Å². The number of sulfonamides is 1. The maximum atomic E-state index is 13.8. The highest BCUT2D eigenvalue weighted by atomic mass is 32.2. The summed E-state index contributed by atoms with van der Waals surface area (Å²) in [6.45, 7) is 1.88. The number of hydrogen-bond acceptors (Lipinski definition) is 8. The van der Waals surface area contributed by atoms with Crippen LogP contribution in [0, 0.1) is 5.82 Å². The number of nitrogens with zero attached hydrogens (tertiary/aromatic N) is 3. The minimum atomic E-state index is -3.83. The van der Waals surface area contributed by atoms with E-state index in [-0.39, 0.29) is 50.1 Å². The van der Waals surface area contributed by atoms with Crippen LogP contribution in [-0.4, -0.2) is 91.8 Å². The molecule has 0 spiro atoms. The quantitative estimate of drug-likeness (QED) is 0.411. The molecule has 1 unspecified atom stereocenters. The summed E-state index contributed by atoms with van der Waals surface area (Å²) in [4.78, 5) is 44.7. The van der Waals surface area contributed by atoms with Crippen LogP contribution in [0.15, 0.2) is 23.2 Å². The third-order valence-corrected chi connectivity index (χ3v) is 8.51. The van der Waals surface area contributed by atoms with Crippen molar-refractivity contribution in [3.63, 3.8) is 0 Å². The van der Waals surface area contributed by atoms with Crippen LogP contribution in [0.25, 0.3) is 0 Å². The summed E-state index contributed by atoms with van der Waals surface area (Å²) in [6.07, 6.45) is 1.09. The van der Waals surface area contributed by atoms with E-state index in [9.17, 15) is 27.2 Å². The molecule has 1 aromatic rings. The van der Waals surface area contributed by atoms with Crippen molar-refractivity contribution in [2.75, 3.05) is 32.6 Å². The second kappa shape index (κ2) is 10.6. The molecule has 3 aliphatic heterocycles. The Labute approximate surface area is 208 Å². The molecule has 13 heteroatoms. The summed E-state index contributed by atoms with van der Waals surface area (Å²) in [6, 6.07) is 0.615. The Bertz CT molecular complexity index is 1190. The minimum Gasteiger partial charge on any atom is -0.493 e. The highest BCUT2D eigenvalue weighted by Crippen LogP contribution is 2.25. The number of Topliss-reactive ketones (excluding diaryl/α,β-unsaturated/α-hetero) is 1. The molecule has 0 aromatic heterocycles. The lowest BCUT2D eigenvalue weighted by atomic mass is 10.0. The Kier molecular flexibility index (Phi) is 7.71. The van der Waals surface area contributed by atoms with E-state index in [1.165, 1.54) is 30.1 Å². The first kappa shape index (κ1) is 26.2. The zero-order valence-electron chi connectivity index (χ0n) is 20.1. The van der Waals surface area contributed by atoms with Crippen LogP contribution < -0.4 is 10.1 Å². The molecule has 3 heterocycles. The van der Waals surface area contributed by atoms with Crippen molar-refractivity contribution < 1.29 is 36.7 Å². The maximum absolute atomic E-state index is 13.8. The smallest absolute Gasteiger partial charge is 0.298 e. The Hall–Kier alpha value is -2.90. The second-order valence-electron chi connectivity index (χ2n) is 8.90. The number of aliphatic imine (C=N–C) groups is 1. The van der Waals surface area contributed by atoms with Crippen LogP contribution >= 0.6 is 0 Å². The number of amidine groups is 1. The summed E-state index contributed by atoms with van der Waals surface area (Å²) in [5, 5.41) is 2.58. The number of halogens is 1. The van der Waals surface area contributed by atoms with Crippen molar-refractivity contribution >= 4 is 33.5 Å². The van der Waals surface area contributed by atoms with Gasteiger partial charge in [0.1, 0.15) is 23.4 Å². The Morgan fingerprint density at radius 3 is 2.72 bits per heavy atom. The topological polar surface area (TPSA) is 135 Å². The molecule has 2 bridgehead atoms. The number of amides is 2. The van der Waals surface area contributed by atoms with Gasteiger partial charge in [-0.3, -0.25) is 19.3 Å². The lowest BCUT2D eigenvalue weighted by Gasteiger charge is -2.37. The molecule has 0 saturated carbocycles. The molecule has 1 N–H and O–H groups in total. The van der Waals surface area contributed by atoms with Crippen molar-refractivity contribution in [3.05, 3.63) is 29.6 Å². The molecular formula is C23H29FN4O7S. The van der Waals surface area contributed by atoms with Crippen LogP contribution in [-0.2, 0) is 35.7 Å². The molecule has 196 valence electrons. The fraction of sp³-hybridized carbons (Fsp3) is 0.565. The Morgan fingerprint density at radius 2 is 1.97 bits per heavy atom. The van der Waals surface area contributed by atoms with E-state index >= 15 is 0 Å². The van der Waals surface area contributed by atoms with Crippen LogP contribution in [0.2, 0.25) is 0 Å². The van der Waals surface area contributed by atoms with Gasteiger partial charge in [0.15, 0.2) is 6.04 Å². The lowest BCUT2D eigenvalue weighted by molar-refractivity contribution is -0.147. The average molecular weight is 525 g/mol. The van der Waals surface area contributed by atoms with E-state index < -0.39 is 51.6 Å². The number of fused-ring (bicyclic) bond motifs is 2. The highest BCUT2D eigenvalue weighted by molar-refractivity contribution is 7.89. The first-order valence-corrected chi connectivity index (χ1v) is 13.4. The van der Waals surface area contributed by atoms with Crippen LogP contribution in [0.3, 0.4) is 0 Å². The Morgan fingerprint density at radius 1 is 1.19 bits per heavy atom. The SMILES string of the molecule is CC[C@H]1COC[C@@H]2C3=NC(C(=O)NCc4ccc(F)cc4OCCCCS(=O)(=O)N2C)C(=O)C(=O)N31. The molecule has 4 rings (SSSR count). The van der Waals surface area contributed by atoms with Gasteiger partial charge >= 0.3 is 0 Å². The van der Waals surface area contributed by atoms with Gasteiger partial charge in [0.05, 0.1) is 31.6 Å². The fourth-order valence-electron chi connectivity index (χ4n) is 4.40. The number of ether oxygens (including phenoxy) is 2. The first-order chi connectivity index (χ1) is 17.1. The maximum Gasteiger partial charge on any atom is 0.298 e. The molecule has 0 radical (unpaired) electrons. The summed E-state index contributed by atoms with van der Waals surface area (Å²) >= 11 is 0. The van der Waals surface area contributed by atoms with E-state index in [1.54, 1.807) is 0 Å². The van der Waals surface area contributed by atoms with Gasteiger partial charge in [-0.15, -0.1) is 0 Å². The summed E-state index contributed by atoms with van der Waals surface area (Å²) in [5.74, 6) is -3.31. The van der Waals surface area contributed by atoms with Gasteiger partial charge in [-0.1, -0.05) is 13.0 Å². The molecule has 1 saturated heterocycles. The second-order valence-corrected chi connectivity index (χ2v) is 11.1. The monoisotopic (exact) mass is 524 g/mol. The minimum absolute atomic E-state index is 0.0214. The number of likely N-dealkylation sites (N-methyl/N-ethyl adjacent to an activating group) is 1. The number of hydrogen-bond donors (Lipinski definition) is 1. The Balaban J connectivity index is 1.77. The van der Waals surface area contributed by atoms with E-state index in [4.69, 9.17) is 9.47 Å². The van der Waals surface area contributed by atoms with Crippen molar-refractivity contribution in [1.82, 2.24) is 14.5 Å². The summed E-state index contributed by atoms with van der Waals surface area (Å²) in [5.41, 5.74) is 0.458. The molecule has 1 aromatic carbocycles. The van der Waals surface area contributed by atoms with Gasteiger partial charge in [0, 0.05) is 25.2 Å². The van der Waals surface area contributed by atoms with Crippen molar-refractivity contribution in [1.29, 1.82) is 0 Å². The predicted molar refractivity (Wildman–Crippen MR) is 126 cm³/mol. The molecule has 1 fully saturated rings. The number of carbonyl (C=O) groups excluding carboxylic acids is 3. The van der Waals surface area contributed by atoms with E-state index in [0.717, 1.165) is 4.31 Å². The standard InChI is InChI=1S/C23H29FN4O7S/c1-3-16-12-34-13-17-21-26-19(20(29)23(31)28(16)21)22(30)25-11-14-6-7-15(24)10-18(14)35-8-4-5-9-36(32,33)27(17)2/h6-7,10,16-17,19H,3-5,8-9,11-13H2,1-2H3,(H,25,30)/t16-,17+,19?/m0/s1. The molecule has 2 amide bonds. The molecule has 36 heavy (non-hydrogen) atoms. The number of rotatable bonds is 1. The summed E-state index contributed by atoms with van der Waals surface area (Å²) < 4.78 is 52.5. The van der Waals surface area contributed by atoms with Crippen LogP contribution in [0.5, 0.6) is 5.75 Å². The lowest BCUT2D eigenvalue weighted by Crippen LogP contribution is -2.61. The van der Waals surface area contributed by atoms with E-state index in [1.807, 2.05) is 6.92 Å². The third kappa shape index (κ3) is 5.13. The molecule has 11 nitrogen and oxygen atoms in total. The van der Waals surface area contributed by atoms with Gasteiger partial charge in [-0.2, -0.15) is 4.31 Å². The number of nitrogens with one attached hydrogen (secondary N) is 1. The van der Waals surface area contributed by atoms with Gasteiger partial charge in [0.25, 0.3) is 17.6 Å². The third-order valence-electron chi connectivity index (χ3n) is 6.57. The normalized spacial score (nSPS) is 27.9. The predicted octanol–water partition coefficient (Wildman–Crippen LogP) is 0.232. The average Bonchev–Trinajstić information content (AvgIpc) is 3.03. The van der Waals surface area contributed by atoms with Gasteiger partial charge in [-0.05, 0) is 25.3 Å².